The second-order valence-electron chi connectivity index (χ2n) is 10.1. The van der Waals surface area contributed by atoms with Crippen LogP contribution < -0.4 is 14.5 Å². The number of ether oxygens (including phenoxy) is 2. The molecule has 1 saturated heterocycles. The summed E-state index contributed by atoms with van der Waals surface area (Å²) in [5.41, 5.74) is 2.14. The lowest BCUT2D eigenvalue weighted by molar-refractivity contribution is -0.152. The summed E-state index contributed by atoms with van der Waals surface area (Å²) >= 11 is 3.51. The molecule has 3 aromatic rings. The molecule has 7 nitrogen and oxygen atoms in total. The maximum absolute atomic E-state index is 14.6. The lowest BCUT2D eigenvalue weighted by atomic mass is 9.68. The second kappa shape index (κ2) is 10.8. The molecule has 0 radical (unpaired) electrons. The quantitative estimate of drug-likeness (QED) is 0.249. The van der Waals surface area contributed by atoms with Crippen molar-refractivity contribution in [3.63, 3.8) is 0 Å². The van der Waals surface area contributed by atoms with Crippen molar-refractivity contribution in [2.75, 3.05) is 37.6 Å². The number of benzene rings is 3. The number of nitriles is 1. The van der Waals surface area contributed by atoms with Gasteiger partial charge in [0, 0.05) is 37.0 Å². The van der Waals surface area contributed by atoms with Gasteiger partial charge in [-0.1, -0.05) is 42.5 Å². The molecule has 2 aliphatic heterocycles. The van der Waals surface area contributed by atoms with Gasteiger partial charge in [0.15, 0.2) is 11.2 Å². The molecule has 4 atom stereocenters. The summed E-state index contributed by atoms with van der Waals surface area (Å²) in [5.74, 6) is -1.06. The van der Waals surface area contributed by atoms with Crippen LogP contribution in [0.25, 0.3) is 6.08 Å². The van der Waals surface area contributed by atoms with Crippen molar-refractivity contribution in [3.05, 3.63) is 94.0 Å². The van der Waals surface area contributed by atoms with E-state index in [0.29, 0.717) is 21.3 Å². The third-order valence-corrected chi connectivity index (χ3v) is 8.44. The predicted octanol–water partition coefficient (Wildman–Crippen LogP) is 5.85. The number of nitrogens with zero attached hydrogens (tertiary/aromatic N) is 3. The Morgan fingerprint density at radius 2 is 1.82 bits per heavy atom. The fraction of sp³-hybridized carbons (Fsp3) is 0.281. The van der Waals surface area contributed by atoms with Crippen LogP contribution in [0.2, 0.25) is 0 Å². The number of rotatable bonds is 7. The number of methoxy groups -OCH3 is 1. The number of para-hydroxylation sites is 1. The van der Waals surface area contributed by atoms with Gasteiger partial charge in [0.1, 0.15) is 11.8 Å². The molecule has 40 heavy (non-hydrogen) atoms. The van der Waals surface area contributed by atoms with E-state index in [1.54, 1.807) is 32.2 Å². The predicted molar refractivity (Wildman–Crippen MR) is 159 cm³/mol. The van der Waals surface area contributed by atoms with Crippen molar-refractivity contribution in [1.82, 2.24) is 0 Å². The SMILES string of the molecule is CCOC(=O)[C@]1(C#N)[C@@H](c2ccc(N(C)C)cc2)[C@@H](C(=O)c2ccc(OC)c(Br)c2)N2c3ccccc3C=C[C@@H]21. The Hall–Kier alpha value is -4.09. The van der Waals surface area contributed by atoms with Gasteiger partial charge in [-0.05, 0) is 70.4 Å². The summed E-state index contributed by atoms with van der Waals surface area (Å²) in [6.07, 6.45) is 3.78. The van der Waals surface area contributed by atoms with Crippen LogP contribution in [0.5, 0.6) is 5.75 Å². The molecule has 3 aromatic carbocycles. The normalized spacial score (nSPS) is 22.6. The number of halogens is 1. The lowest BCUT2D eigenvalue weighted by Gasteiger charge is -2.36. The third kappa shape index (κ3) is 4.25. The molecule has 8 heteroatoms. The van der Waals surface area contributed by atoms with Crippen molar-refractivity contribution in [2.45, 2.75) is 24.9 Å². The smallest absolute Gasteiger partial charge is 0.329 e. The minimum Gasteiger partial charge on any atom is -0.496 e. The van der Waals surface area contributed by atoms with Crippen LogP contribution in [-0.4, -0.2) is 51.6 Å². The third-order valence-electron chi connectivity index (χ3n) is 7.82. The fourth-order valence-corrected chi connectivity index (χ4v) is 6.50. The van der Waals surface area contributed by atoms with Gasteiger partial charge in [-0.2, -0.15) is 5.26 Å². The minimum atomic E-state index is -1.68. The number of ketones is 1. The van der Waals surface area contributed by atoms with Gasteiger partial charge in [-0.15, -0.1) is 0 Å². The first-order valence-electron chi connectivity index (χ1n) is 13.1. The Kier molecular flexibility index (Phi) is 7.43. The van der Waals surface area contributed by atoms with Crippen LogP contribution in [0.15, 0.2) is 77.3 Å². The van der Waals surface area contributed by atoms with Crippen molar-refractivity contribution >= 4 is 45.1 Å². The Bertz CT molecular complexity index is 1530. The van der Waals surface area contributed by atoms with E-state index in [9.17, 15) is 14.9 Å². The molecule has 0 saturated carbocycles. The molecular formula is C32H30BrN3O4. The first-order valence-corrected chi connectivity index (χ1v) is 13.9. The van der Waals surface area contributed by atoms with Gasteiger partial charge in [-0.25, -0.2) is 0 Å². The molecular weight excluding hydrogens is 570 g/mol. The van der Waals surface area contributed by atoms with E-state index in [1.807, 2.05) is 84.6 Å². The standard InChI is InChI=1S/C32H30BrN3O4/c1-5-40-31(38)32(19-34)27-17-13-20-8-6-7-9-25(20)36(27)29(28(32)21-10-14-23(15-11-21)35(2)3)30(37)22-12-16-26(39-4)24(33)18-22/h6-18,27-29H,5H2,1-4H3/t27-,28+,29+,32+/m1/s1. The number of carbonyl (C=O) groups is 2. The van der Waals surface area contributed by atoms with Crippen LogP contribution in [0.1, 0.15) is 34.3 Å². The van der Waals surface area contributed by atoms with E-state index in [-0.39, 0.29) is 12.4 Å². The summed E-state index contributed by atoms with van der Waals surface area (Å²) < 4.78 is 11.6. The molecule has 0 bridgehead atoms. The average molecular weight is 601 g/mol. The van der Waals surface area contributed by atoms with E-state index in [4.69, 9.17) is 9.47 Å². The summed E-state index contributed by atoms with van der Waals surface area (Å²) in [6, 6.07) is 21.4. The van der Waals surface area contributed by atoms with E-state index in [1.165, 1.54) is 0 Å². The fourth-order valence-electron chi connectivity index (χ4n) is 5.96. The number of hydrogen-bond donors (Lipinski definition) is 0. The molecule has 0 aliphatic carbocycles. The monoisotopic (exact) mass is 599 g/mol. The van der Waals surface area contributed by atoms with Crippen LogP contribution in [0, 0.1) is 16.7 Å². The van der Waals surface area contributed by atoms with Crippen LogP contribution in [-0.2, 0) is 9.53 Å². The minimum absolute atomic E-state index is 0.117. The molecule has 0 amide bonds. The van der Waals surface area contributed by atoms with E-state index in [2.05, 4.69) is 22.0 Å². The largest absolute Gasteiger partial charge is 0.496 e. The van der Waals surface area contributed by atoms with Crippen molar-refractivity contribution in [2.24, 2.45) is 5.41 Å². The van der Waals surface area contributed by atoms with Crippen molar-refractivity contribution in [1.29, 1.82) is 5.26 Å². The number of carbonyl (C=O) groups excluding carboxylic acids is 2. The lowest BCUT2D eigenvalue weighted by Crippen LogP contribution is -2.47. The highest BCUT2D eigenvalue weighted by atomic mass is 79.9. The molecule has 0 spiro atoms. The highest BCUT2D eigenvalue weighted by Gasteiger charge is 2.67. The Morgan fingerprint density at radius 3 is 2.45 bits per heavy atom. The Balaban J connectivity index is 1.78. The maximum atomic E-state index is 14.6. The molecule has 2 aliphatic rings. The van der Waals surface area contributed by atoms with E-state index >= 15 is 0 Å². The van der Waals surface area contributed by atoms with Gasteiger partial charge >= 0.3 is 5.97 Å². The topological polar surface area (TPSA) is 82.9 Å². The molecule has 5 rings (SSSR count). The van der Waals surface area contributed by atoms with Crippen molar-refractivity contribution in [3.8, 4) is 11.8 Å². The highest BCUT2D eigenvalue weighted by Crippen LogP contribution is 2.56. The van der Waals surface area contributed by atoms with Crippen LogP contribution in [0.4, 0.5) is 11.4 Å². The summed E-state index contributed by atoms with van der Waals surface area (Å²) in [7, 11) is 5.45. The summed E-state index contributed by atoms with van der Waals surface area (Å²) in [6.45, 7) is 1.84. The number of anilines is 2. The molecule has 204 valence electrons. The zero-order valence-electron chi connectivity index (χ0n) is 22.8. The highest BCUT2D eigenvalue weighted by molar-refractivity contribution is 9.10. The van der Waals surface area contributed by atoms with Gasteiger partial charge < -0.3 is 19.3 Å². The molecule has 1 fully saturated rings. The zero-order chi connectivity index (χ0) is 28.6. The van der Waals surface area contributed by atoms with Gasteiger partial charge in [0.25, 0.3) is 0 Å². The molecule has 0 aromatic heterocycles. The summed E-state index contributed by atoms with van der Waals surface area (Å²) in [5, 5.41) is 10.9. The zero-order valence-corrected chi connectivity index (χ0v) is 24.4. The summed E-state index contributed by atoms with van der Waals surface area (Å²) in [4.78, 5) is 32.4. The number of Topliss-reactive ketones (excluding diaryl/α,β-unsaturated/α-hetero) is 1. The first-order chi connectivity index (χ1) is 19.3. The van der Waals surface area contributed by atoms with E-state index < -0.39 is 29.4 Å². The number of hydrogen-bond acceptors (Lipinski definition) is 7. The molecule has 0 unspecified atom stereocenters. The van der Waals surface area contributed by atoms with Gasteiger partial charge in [0.2, 0.25) is 0 Å². The van der Waals surface area contributed by atoms with Crippen molar-refractivity contribution < 1.29 is 19.1 Å². The van der Waals surface area contributed by atoms with Gasteiger partial charge in [-0.3, -0.25) is 9.59 Å². The first kappa shape index (κ1) is 27.5. The molecule has 2 heterocycles. The van der Waals surface area contributed by atoms with Gasteiger partial charge in [0.05, 0.1) is 30.3 Å². The Labute approximate surface area is 242 Å². The maximum Gasteiger partial charge on any atom is 0.329 e. The number of esters is 1. The number of fused-ring (bicyclic) bond motifs is 3. The second-order valence-corrected chi connectivity index (χ2v) is 10.9. The average Bonchev–Trinajstić information content (AvgIpc) is 3.28. The van der Waals surface area contributed by atoms with Crippen LogP contribution >= 0.6 is 15.9 Å². The van der Waals surface area contributed by atoms with E-state index in [0.717, 1.165) is 16.9 Å². The van der Waals surface area contributed by atoms with Crippen LogP contribution in [0.3, 0.4) is 0 Å². The molecule has 0 N–H and O–H groups in total. The Morgan fingerprint density at radius 1 is 1.10 bits per heavy atom.